The Labute approximate surface area is 146 Å². The van der Waals surface area contributed by atoms with Crippen molar-refractivity contribution in [3.05, 3.63) is 65.5 Å². The first-order chi connectivity index (χ1) is 11.5. The summed E-state index contributed by atoms with van der Waals surface area (Å²) in [5.74, 6) is 0. The van der Waals surface area contributed by atoms with Crippen molar-refractivity contribution in [3.8, 4) is 0 Å². The molecule has 2 rings (SSSR count). The number of hydrogen-bond acceptors (Lipinski definition) is 3. The second-order valence-corrected chi connectivity index (χ2v) is 6.57. The predicted octanol–water partition coefficient (Wildman–Crippen LogP) is 4.76. The van der Waals surface area contributed by atoms with E-state index in [9.17, 15) is 0 Å². The average Bonchev–Trinajstić information content (AvgIpc) is 2.57. The van der Waals surface area contributed by atoms with Crippen molar-refractivity contribution in [2.24, 2.45) is 0 Å². The molecular formula is C21H29NO2. The Morgan fingerprint density at radius 1 is 0.958 bits per heavy atom. The number of pyridine rings is 1. The van der Waals surface area contributed by atoms with Crippen LogP contribution in [0.2, 0.25) is 0 Å². The van der Waals surface area contributed by atoms with Gasteiger partial charge in [-0.05, 0) is 63.3 Å². The van der Waals surface area contributed by atoms with E-state index in [0.717, 1.165) is 25.0 Å². The lowest BCUT2D eigenvalue weighted by molar-refractivity contribution is 0.00751. The molecule has 1 aromatic carbocycles. The molecule has 0 aliphatic carbocycles. The van der Waals surface area contributed by atoms with Gasteiger partial charge in [-0.25, -0.2) is 0 Å². The molecule has 24 heavy (non-hydrogen) atoms. The normalized spacial score (nSPS) is 13.9. The molecule has 3 nitrogen and oxygen atoms in total. The molecule has 2 aromatic rings. The first-order valence-electron chi connectivity index (χ1n) is 8.79. The second kappa shape index (κ2) is 9.55. The Balaban J connectivity index is 1.80. The van der Waals surface area contributed by atoms with Gasteiger partial charge in [0.2, 0.25) is 0 Å². The zero-order valence-corrected chi connectivity index (χ0v) is 15.2. The van der Waals surface area contributed by atoms with E-state index in [0.29, 0.717) is 6.10 Å². The number of hydrogen-bond donors (Lipinski definition) is 0. The maximum absolute atomic E-state index is 6.10. The molecule has 0 bridgehead atoms. The van der Waals surface area contributed by atoms with Crippen LogP contribution < -0.4 is 0 Å². The van der Waals surface area contributed by atoms with Gasteiger partial charge >= 0.3 is 0 Å². The van der Waals surface area contributed by atoms with E-state index in [1.807, 2.05) is 12.3 Å². The highest BCUT2D eigenvalue weighted by Crippen LogP contribution is 2.19. The number of rotatable bonds is 9. The standard InChI is InChI=1S/C21H29NO2/c1-16(2)23-13-11-19-7-9-20(10-8-19)14-17(3)24-18(4)21-6-5-12-22-15-21/h5-10,12,15-18H,11,13-14H2,1-4H3. The third-order valence-corrected chi connectivity index (χ3v) is 3.98. The first-order valence-corrected chi connectivity index (χ1v) is 8.79. The summed E-state index contributed by atoms with van der Waals surface area (Å²) in [5.41, 5.74) is 3.73. The summed E-state index contributed by atoms with van der Waals surface area (Å²) >= 11 is 0. The summed E-state index contributed by atoms with van der Waals surface area (Å²) in [5, 5.41) is 0. The van der Waals surface area contributed by atoms with Crippen molar-refractivity contribution >= 4 is 0 Å². The number of benzene rings is 1. The minimum absolute atomic E-state index is 0.0566. The second-order valence-electron chi connectivity index (χ2n) is 6.57. The highest BCUT2D eigenvalue weighted by Gasteiger charge is 2.11. The Morgan fingerprint density at radius 2 is 1.67 bits per heavy atom. The van der Waals surface area contributed by atoms with Gasteiger partial charge in [0.25, 0.3) is 0 Å². The third-order valence-electron chi connectivity index (χ3n) is 3.98. The van der Waals surface area contributed by atoms with Crippen molar-refractivity contribution in [3.63, 3.8) is 0 Å². The van der Waals surface area contributed by atoms with Crippen LogP contribution in [0.3, 0.4) is 0 Å². The lowest BCUT2D eigenvalue weighted by atomic mass is 10.0. The number of aromatic nitrogens is 1. The molecule has 0 N–H and O–H groups in total. The van der Waals surface area contributed by atoms with Gasteiger partial charge in [-0.15, -0.1) is 0 Å². The molecule has 2 atom stereocenters. The van der Waals surface area contributed by atoms with Crippen LogP contribution >= 0.6 is 0 Å². The van der Waals surface area contributed by atoms with Gasteiger partial charge in [-0.2, -0.15) is 0 Å². The Morgan fingerprint density at radius 3 is 2.29 bits per heavy atom. The SMILES string of the molecule is CC(C)OCCc1ccc(CC(C)OC(C)c2cccnc2)cc1. The first kappa shape index (κ1) is 18.6. The highest BCUT2D eigenvalue weighted by molar-refractivity contribution is 5.23. The molecule has 0 radical (unpaired) electrons. The monoisotopic (exact) mass is 327 g/mol. The lowest BCUT2D eigenvalue weighted by Crippen LogP contribution is -2.14. The molecule has 0 spiro atoms. The topological polar surface area (TPSA) is 31.4 Å². The Hall–Kier alpha value is -1.71. The van der Waals surface area contributed by atoms with Gasteiger partial charge in [-0.1, -0.05) is 30.3 Å². The molecule has 0 saturated carbocycles. The zero-order valence-electron chi connectivity index (χ0n) is 15.2. The molecule has 0 aliphatic heterocycles. The zero-order chi connectivity index (χ0) is 17.4. The summed E-state index contributed by atoms with van der Waals surface area (Å²) in [4.78, 5) is 4.15. The van der Waals surface area contributed by atoms with E-state index >= 15 is 0 Å². The van der Waals surface area contributed by atoms with Crippen LogP contribution in [0.15, 0.2) is 48.8 Å². The van der Waals surface area contributed by atoms with E-state index in [1.165, 1.54) is 11.1 Å². The van der Waals surface area contributed by atoms with Crippen LogP contribution in [-0.2, 0) is 22.3 Å². The van der Waals surface area contributed by atoms with Gasteiger partial charge in [0.1, 0.15) is 0 Å². The maximum Gasteiger partial charge on any atom is 0.0815 e. The van der Waals surface area contributed by atoms with Crippen LogP contribution in [0.25, 0.3) is 0 Å². The van der Waals surface area contributed by atoms with Crippen LogP contribution in [0, 0.1) is 0 Å². The number of nitrogens with zero attached hydrogens (tertiary/aromatic N) is 1. The van der Waals surface area contributed by atoms with Crippen LogP contribution in [0.1, 0.15) is 50.5 Å². The molecule has 0 aliphatic rings. The van der Waals surface area contributed by atoms with Gasteiger partial charge < -0.3 is 9.47 Å². The van der Waals surface area contributed by atoms with E-state index < -0.39 is 0 Å². The summed E-state index contributed by atoms with van der Waals surface area (Å²) in [6, 6.07) is 12.8. The fourth-order valence-corrected chi connectivity index (χ4v) is 2.68. The molecule has 0 amide bonds. The van der Waals surface area contributed by atoms with Gasteiger partial charge in [0.05, 0.1) is 24.9 Å². The minimum atomic E-state index is 0.0566. The Bertz CT molecular complexity index is 581. The Kier molecular flexibility index (Phi) is 7.41. The molecular weight excluding hydrogens is 298 g/mol. The molecule has 1 heterocycles. The maximum atomic E-state index is 6.10. The molecule has 1 aromatic heterocycles. The van der Waals surface area contributed by atoms with Gasteiger partial charge in [-0.3, -0.25) is 4.98 Å². The van der Waals surface area contributed by atoms with Crippen LogP contribution in [0.4, 0.5) is 0 Å². The van der Waals surface area contributed by atoms with E-state index in [4.69, 9.17) is 9.47 Å². The number of ether oxygens (including phenoxy) is 2. The smallest absolute Gasteiger partial charge is 0.0815 e. The van der Waals surface area contributed by atoms with Crippen LogP contribution in [-0.4, -0.2) is 23.8 Å². The van der Waals surface area contributed by atoms with Crippen molar-refractivity contribution in [1.82, 2.24) is 4.98 Å². The summed E-state index contributed by atoms with van der Waals surface area (Å²) in [6.45, 7) is 9.11. The average molecular weight is 327 g/mol. The predicted molar refractivity (Wildman–Crippen MR) is 98.1 cm³/mol. The fourth-order valence-electron chi connectivity index (χ4n) is 2.68. The summed E-state index contributed by atoms with van der Waals surface area (Å²) in [6.07, 6.45) is 6.04. The van der Waals surface area contributed by atoms with Crippen LogP contribution in [0.5, 0.6) is 0 Å². The van der Waals surface area contributed by atoms with E-state index in [2.05, 4.69) is 63.0 Å². The molecule has 0 fully saturated rings. The molecule has 2 unspecified atom stereocenters. The van der Waals surface area contributed by atoms with E-state index in [-0.39, 0.29) is 12.2 Å². The van der Waals surface area contributed by atoms with Gasteiger partial charge in [0.15, 0.2) is 0 Å². The van der Waals surface area contributed by atoms with E-state index in [1.54, 1.807) is 6.20 Å². The largest absolute Gasteiger partial charge is 0.378 e. The fraction of sp³-hybridized carbons (Fsp3) is 0.476. The lowest BCUT2D eigenvalue weighted by Gasteiger charge is -2.19. The molecule has 130 valence electrons. The quantitative estimate of drug-likeness (QED) is 0.665. The summed E-state index contributed by atoms with van der Waals surface area (Å²) < 4.78 is 11.7. The third kappa shape index (κ3) is 6.42. The van der Waals surface area contributed by atoms with Crippen molar-refractivity contribution in [1.29, 1.82) is 0 Å². The summed E-state index contributed by atoms with van der Waals surface area (Å²) in [7, 11) is 0. The molecule has 3 heteroatoms. The molecule has 0 saturated heterocycles. The van der Waals surface area contributed by atoms with Crippen molar-refractivity contribution in [2.75, 3.05) is 6.61 Å². The van der Waals surface area contributed by atoms with Gasteiger partial charge in [0, 0.05) is 12.4 Å². The highest BCUT2D eigenvalue weighted by atomic mass is 16.5. The van der Waals surface area contributed by atoms with Crippen molar-refractivity contribution < 1.29 is 9.47 Å². The van der Waals surface area contributed by atoms with Crippen molar-refractivity contribution in [2.45, 2.75) is 58.8 Å². The minimum Gasteiger partial charge on any atom is -0.378 e.